The van der Waals surface area contributed by atoms with Crippen molar-refractivity contribution >= 4 is 12.3 Å². The molecule has 0 saturated heterocycles. The molecule has 2 rings (SSSR count). The molecule has 2 aromatic rings. The summed E-state index contributed by atoms with van der Waals surface area (Å²) in [5.74, 6) is -2.04. The molecule has 29 heavy (non-hydrogen) atoms. The molecule has 156 valence electrons. The van der Waals surface area contributed by atoms with Crippen LogP contribution in [0.2, 0.25) is 0 Å². The number of rotatable bonds is 8. The molecule has 2 N–H and O–H groups in total. The molecule has 0 aliphatic heterocycles. The van der Waals surface area contributed by atoms with Gasteiger partial charge in [0.1, 0.15) is 17.3 Å². The molecule has 2 amide bonds. The van der Waals surface area contributed by atoms with Crippen LogP contribution in [0.25, 0.3) is 0 Å². The van der Waals surface area contributed by atoms with Crippen molar-refractivity contribution in [1.29, 1.82) is 0 Å². The third kappa shape index (κ3) is 7.37. The lowest BCUT2D eigenvalue weighted by atomic mass is 10.1. The van der Waals surface area contributed by atoms with Gasteiger partial charge in [0.2, 0.25) is 6.41 Å². The van der Waals surface area contributed by atoms with Crippen molar-refractivity contribution < 1.29 is 18.4 Å². The summed E-state index contributed by atoms with van der Waals surface area (Å²) in [4.78, 5) is 25.9. The number of carbonyl (C=O) groups excluding carboxylic acids is 2. The van der Waals surface area contributed by atoms with Gasteiger partial charge >= 0.3 is 0 Å². The molecule has 5 nitrogen and oxygen atoms in total. The van der Waals surface area contributed by atoms with Gasteiger partial charge in [0.15, 0.2) is 0 Å². The van der Waals surface area contributed by atoms with Gasteiger partial charge in [0.05, 0.1) is 6.54 Å². The Kier molecular flexibility index (Phi) is 10.1. The van der Waals surface area contributed by atoms with E-state index in [1.54, 1.807) is 7.05 Å². The van der Waals surface area contributed by atoms with Crippen molar-refractivity contribution in [3.05, 3.63) is 83.2 Å². The zero-order valence-electron chi connectivity index (χ0n) is 16.9. The Balaban J connectivity index is 0.00000204. The molecule has 0 spiro atoms. The first kappa shape index (κ1) is 23.8. The summed E-state index contributed by atoms with van der Waals surface area (Å²) in [5.41, 5.74) is 6.37. The second-order valence-electron chi connectivity index (χ2n) is 6.02. The summed E-state index contributed by atoms with van der Waals surface area (Å²) in [7, 11) is 1.59. The van der Waals surface area contributed by atoms with Crippen LogP contribution in [0.3, 0.4) is 0 Å². The van der Waals surface area contributed by atoms with E-state index in [0.717, 1.165) is 28.8 Å². The second-order valence-corrected chi connectivity index (χ2v) is 6.02. The lowest BCUT2D eigenvalue weighted by molar-refractivity contribution is -0.126. The predicted molar refractivity (Wildman–Crippen MR) is 109 cm³/mol. The summed E-state index contributed by atoms with van der Waals surface area (Å²) in [6.45, 7) is 4.06. The summed E-state index contributed by atoms with van der Waals surface area (Å²) in [5, 5.41) is 0. The molecule has 0 saturated carbocycles. The molecule has 0 aliphatic carbocycles. The fourth-order valence-corrected chi connectivity index (χ4v) is 2.48. The standard InChI is InChI=1S/C20H21F2N3O2.C2H6/c1-24(11-10-15-6-3-2-4-7-15)20(27)19(23)13-25(14-26)12-16-17(21)8-5-9-18(16)22;1-2/h2-9,13-14H,10-12,23H2,1H3;1-2H3/b19-13+;. The third-order valence-electron chi connectivity index (χ3n) is 4.02. The lowest BCUT2D eigenvalue weighted by Crippen LogP contribution is -2.34. The van der Waals surface area contributed by atoms with Crippen molar-refractivity contribution in [2.75, 3.05) is 13.6 Å². The molecule has 0 unspecified atom stereocenters. The maximum atomic E-state index is 13.7. The van der Waals surface area contributed by atoms with Gasteiger partial charge in [-0.15, -0.1) is 0 Å². The van der Waals surface area contributed by atoms with Gasteiger partial charge in [-0.05, 0) is 24.1 Å². The number of hydrogen-bond acceptors (Lipinski definition) is 3. The van der Waals surface area contributed by atoms with E-state index in [9.17, 15) is 18.4 Å². The first-order valence-electron chi connectivity index (χ1n) is 9.33. The van der Waals surface area contributed by atoms with Crippen molar-refractivity contribution in [2.24, 2.45) is 5.73 Å². The largest absolute Gasteiger partial charge is 0.393 e. The molecule has 0 radical (unpaired) electrons. The predicted octanol–water partition coefficient (Wildman–Crippen LogP) is 3.45. The number of carbonyl (C=O) groups is 2. The first-order chi connectivity index (χ1) is 13.9. The number of benzene rings is 2. The van der Waals surface area contributed by atoms with E-state index in [1.807, 2.05) is 44.2 Å². The molecule has 7 heteroatoms. The van der Waals surface area contributed by atoms with E-state index in [0.29, 0.717) is 19.4 Å². The van der Waals surface area contributed by atoms with Crippen LogP contribution < -0.4 is 5.73 Å². The molecule has 0 aromatic heterocycles. The number of halogens is 2. The monoisotopic (exact) mass is 403 g/mol. The van der Waals surface area contributed by atoms with Gasteiger partial charge in [0, 0.05) is 25.4 Å². The Morgan fingerprint density at radius 1 is 1.03 bits per heavy atom. The zero-order chi connectivity index (χ0) is 21.8. The van der Waals surface area contributed by atoms with Crippen LogP contribution in [0.1, 0.15) is 25.0 Å². The fourth-order valence-electron chi connectivity index (χ4n) is 2.48. The summed E-state index contributed by atoms with van der Waals surface area (Å²) >= 11 is 0. The minimum Gasteiger partial charge on any atom is -0.393 e. The van der Waals surface area contributed by atoms with Crippen LogP contribution in [0.4, 0.5) is 8.78 Å². The van der Waals surface area contributed by atoms with Gasteiger partial charge in [-0.25, -0.2) is 8.78 Å². The quantitative estimate of drug-likeness (QED) is 0.542. The average Bonchev–Trinajstić information content (AvgIpc) is 2.75. The Morgan fingerprint density at radius 3 is 2.17 bits per heavy atom. The highest BCUT2D eigenvalue weighted by atomic mass is 19.1. The highest BCUT2D eigenvalue weighted by Crippen LogP contribution is 2.14. The third-order valence-corrected chi connectivity index (χ3v) is 4.02. The molecule has 2 aromatic carbocycles. The SMILES string of the molecule is CC.CN(CCc1ccccc1)C(=O)/C(N)=C\N(C=O)Cc1c(F)cccc1F. The van der Waals surface area contributed by atoms with Crippen molar-refractivity contribution in [2.45, 2.75) is 26.8 Å². The molecule has 0 bridgehead atoms. The number of nitrogens with zero attached hydrogens (tertiary/aromatic N) is 2. The summed E-state index contributed by atoms with van der Waals surface area (Å²) < 4.78 is 27.4. The van der Waals surface area contributed by atoms with Gasteiger partial charge in [-0.1, -0.05) is 50.2 Å². The Bertz CT molecular complexity index is 806. The van der Waals surface area contributed by atoms with E-state index >= 15 is 0 Å². The fraction of sp³-hybridized carbons (Fsp3) is 0.273. The van der Waals surface area contributed by atoms with Crippen LogP contribution in [0.15, 0.2) is 60.4 Å². The second kappa shape index (κ2) is 12.3. The highest BCUT2D eigenvalue weighted by Gasteiger charge is 2.15. The normalized spacial score (nSPS) is 10.6. The van der Waals surface area contributed by atoms with Crippen LogP contribution in [-0.2, 0) is 22.6 Å². The maximum absolute atomic E-state index is 13.7. The lowest BCUT2D eigenvalue weighted by Gasteiger charge is -2.19. The Hall–Kier alpha value is -3.22. The van der Waals surface area contributed by atoms with Crippen molar-refractivity contribution in [3.63, 3.8) is 0 Å². The molecular formula is C22H27F2N3O2. The van der Waals surface area contributed by atoms with E-state index in [4.69, 9.17) is 5.73 Å². The topological polar surface area (TPSA) is 66.6 Å². The number of nitrogens with two attached hydrogens (primary N) is 1. The molecule has 0 fully saturated rings. The van der Waals surface area contributed by atoms with Crippen LogP contribution >= 0.6 is 0 Å². The van der Waals surface area contributed by atoms with Crippen LogP contribution in [0, 0.1) is 11.6 Å². The summed E-state index contributed by atoms with van der Waals surface area (Å²) in [6.07, 6.45) is 2.09. The van der Waals surface area contributed by atoms with Crippen molar-refractivity contribution in [3.8, 4) is 0 Å². The molecule has 0 aliphatic rings. The van der Waals surface area contributed by atoms with Crippen molar-refractivity contribution in [1.82, 2.24) is 9.80 Å². The number of amides is 2. The van der Waals surface area contributed by atoms with Gasteiger partial charge in [-0.2, -0.15) is 0 Å². The Labute approximate surface area is 170 Å². The van der Waals surface area contributed by atoms with E-state index < -0.39 is 17.5 Å². The minimum atomic E-state index is -0.778. The first-order valence-corrected chi connectivity index (χ1v) is 9.33. The van der Waals surface area contributed by atoms with Gasteiger partial charge in [0.25, 0.3) is 5.91 Å². The van der Waals surface area contributed by atoms with Crippen LogP contribution in [0.5, 0.6) is 0 Å². The Morgan fingerprint density at radius 2 is 1.62 bits per heavy atom. The maximum Gasteiger partial charge on any atom is 0.270 e. The van der Waals surface area contributed by atoms with E-state index in [-0.39, 0.29) is 17.8 Å². The summed E-state index contributed by atoms with van der Waals surface area (Å²) in [6, 6.07) is 13.1. The van der Waals surface area contributed by atoms with Gasteiger partial charge in [-0.3, -0.25) is 9.59 Å². The molecule has 0 atom stereocenters. The van der Waals surface area contributed by atoms with E-state index in [2.05, 4.69) is 0 Å². The minimum absolute atomic E-state index is 0.200. The number of likely N-dealkylation sites (N-methyl/N-ethyl adjacent to an activating group) is 1. The zero-order valence-corrected chi connectivity index (χ0v) is 16.9. The molecule has 0 heterocycles. The average molecular weight is 403 g/mol. The van der Waals surface area contributed by atoms with E-state index in [1.165, 1.54) is 11.0 Å². The molecular weight excluding hydrogens is 376 g/mol. The number of hydrogen-bond donors (Lipinski definition) is 1. The van der Waals surface area contributed by atoms with Gasteiger partial charge < -0.3 is 15.5 Å². The smallest absolute Gasteiger partial charge is 0.270 e. The highest BCUT2D eigenvalue weighted by molar-refractivity contribution is 5.92. The van der Waals surface area contributed by atoms with Crippen LogP contribution in [-0.4, -0.2) is 35.7 Å².